The van der Waals surface area contributed by atoms with Crippen molar-refractivity contribution in [2.45, 2.75) is 45.3 Å². The molecule has 0 spiro atoms. The lowest BCUT2D eigenvalue weighted by Crippen LogP contribution is -2.55. The maximum absolute atomic E-state index is 14.2. The van der Waals surface area contributed by atoms with Crippen molar-refractivity contribution in [1.82, 2.24) is 15.5 Å². The number of nitrogens with zero attached hydrogens (tertiary/aromatic N) is 1. The Morgan fingerprint density at radius 1 is 1.06 bits per heavy atom. The molecular weight excluding hydrogens is 426 g/mol. The molecule has 1 heterocycles. The Morgan fingerprint density at radius 2 is 1.73 bits per heavy atom. The van der Waals surface area contributed by atoms with Crippen molar-refractivity contribution in [2.75, 3.05) is 25.5 Å². The van der Waals surface area contributed by atoms with E-state index in [0.717, 1.165) is 17.7 Å². The molecule has 3 atom stereocenters. The summed E-state index contributed by atoms with van der Waals surface area (Å²) >= 11 is 0. The van der Waals surface area contributed by atoms with Crippen LogP contribution < -0.4 is 16.0 Å². The zero-order valence-corrected chi connectivity index (χ0v) is 19.5. The second-order valence-electron chi connectivity index (χ2n) is 8.79. The zero-order valence-electron chi connectivity index (χ0n) is 19.5. The smallest absolute Gasteiger partial charge is 0.251 e. The van der Waals surface area contributed by atoms with E-state index in [0.29, 0.717) is 25.1 Å². The number of fused-ring (bicyclic) bond motifs is 1. The van der Waals surface area contributed by atoms with Crippen molar-refractivity contribution in [3.8, 4) is 0 Å². The number of carbonyl (C=O) groups excluding carboxylic acids is 2. The first kappa shape index (κ1) is 24.8. The van der Waals surface area contributed by atoms with Crippen molar-refractivity contribution >= 4 is 17.5 Å². The van der Waals surface area contributed by atoms with Gasteiger partial charge in [-0.1, -0.05) is 44.2 Å². The molecule has 2 amide bonds. The molecule has 6 nitrogen and oxygen atoms in total. The van der Waals surface area contributed by atoms with Crippen LogP contribution in [0.3, 0.4) is 0 Å². The van der Waals surface area contributed by atoms with E-state index >= 15 is 0 Å². The largest absolute Gasteiger partial charge is 0.325 e. The number of nitrogens with one attached hydrogen (secondary N) is 3. The molecule has 0 aromatic heterocycles. The monoisotopic (exact) mass is 458 g/mol. The molecule has 0 saturated carbocycles. The highest BCUT2D eigenvalue weighted by Gasteiger charge is 2.39. The van der Waals surface area contributed by atoms with Crippen molar-refractivity contribution in [3.63, 3.8) is 0 Å². The summed E-state index contributed by atoms with van der Waals surface area (Å²) in [6.45, 7) is 6.81. The maximum atomic E-state index is 14.2. The summed E-state index contributed by atoms with van der Waals surface area (Å²) in [5.41, 5.74) is 1.09. The third-order valence-corrected chi connectivity index (χ3v) is 6.10. The lowest BCUT2D eigenvalue weighted by atomic mass is 9.90. The SMILES string of the molecule is CN[C@@H](C)CN[C@H](C(=O)N1CCc2ccccc2[C@H]1C(=O)Nc1c(F)cccc1F)C(C)C. The summed E-state index contributed by atoms with van der Waals surface area (Å²) in [5, 5.41) is 8.83. The summed E-state index contributed by atoms with van der Waals surface area (Å²) < 4.78 is 28.4. The molecule has 8 heteroatoms. The number of hydrogen-bond donors (Lipinski definition) is 3. The van der Waals surface area contributed by atoms with Gasteiger partial charge in [-0.05, 0) is 49.6 Å². The average Bonchev–Trinajstić information content (AvgIpc) is 2.80. The summed E-state index contributed by atoms with van der Waals surface area (Å²) in [6.07, 6.45) is 0.595. The van der Waals surface area contributed by atoms with Crippen LogP contribution in [-0.2, 0) is 16.0 Å². The van der Waals surface area contributed by atoms with Gasteiger partial charge in [-0.15, -0.1) is 0 Å². The minimum atomic E-state index is -0.994. The minimum absolute atomic E-state index is 0.0218. The molecule has 2 aromatic carbocycles. The van der Waals surface area contributed by atoms with Gasteiger partial charge in [-0.2, -0.15) is 0 Å². The Hall–Kier alpha value is -2.84. The van der Waals surface area contributed by atoms with E-state index in [9.17, 15) is 18.4 Å². The van der Waals surface area contributed by atoms with Crippen LogP contribution in [0.1, 0.15) is 37.9 Å². The first-order valence-electron chi connectivity index (χ1n) is 11.3. The summed E-state index contributed by atoms with van der Waals surface area (Å²) in [5.74, 6) is -2.62. The van der Waals surface area contributed by atoms with Crippen LogP contribution in [0.4, 0.5) is 14.5 Å². The Kier molecular flexibility index (Phi) is 8.15. The normalized spacial score (nSPS) is 17.4. The quantitative estimate of drug-likeness (QED) is 0.568. The Morgan fingerprint density at radius 3 is 2.36 bits per heavy atom. The van der Waals surface area contributed by atoms with Gasteiger partial charge in [-0.25, -0.2) is 8.78 Å². The standard InChI is InChI=1S/C25H32F2N4O2/c1-15(2)21(29-14-16(3)28-4)25(33)31-13-12-17-8-5-6-9-18(17)23(31)24(32)30-22-19(26)10-7-11-20(22)27/h5-11,15-16,21,23,28-29H,12-14H2,1-4H3,(H,30,32)/t16-,21-,23-/m0/s1. The van der Waals surface area contributed by atoms with Gasteiger partial charge in [0, 0.05) is 19.1 Å². The Balaban J connectivity index is 1.94. The molecular formula is C25H32F2N4O2. The fourth-order valence-electron chi connectivity index (χ4n) is 4.09. The van der Waals surface area contributed by atoms with Gasteiger partial charge in [0.2, 0.25) is 5.91 Å². The van der Waals surface area contributed by atoms with Crippen molar-refractivity contribution < 1.29 is 18.4 Å². The Labute approximate surface area is 193 Å². The van der Waals surface area contributed by atoms with Crippen LogP contribution in [0.5, 0.6) is 0 Å². The summed E-state index contributed by atoms with van der Waals surface area (Å²) in [6, 6.07) is 9.42. The lowest BCUT2D eigenvalue weighted by molar-refractivity contribution is -0.142. The van der Waals surface area contributed by atoms with Crippen LogP contribution >= 0.6 is 0 Å². The third-order valence-electron chi connectivity index (χ3n) is 6.10. The van der Waals surface area contributed by atoms with Gasteiger partial charge in [0.25, 0.3) is 5.91 Å². The van der Waals surface area contributed by atoms with Crippen LogP contribution in [-0.4, -0.2) is 48.9 Å². The minimum Gasteiger partial charge on any atom is -0.325 e. The molecule has 0 aliphatic carbocycles. The first-order valence-corrected chi connectivity index (χ1v) is 11.3. The van der Waals surface area contributed by atoms with Gasteiger partial charge in [-0.3, -0.25) is 9.59 Å². The van der Waals surface area contributed by atoms with Crippen molar-refractivity contribution in [2.24, 2.45) is 5.92 Å². The number of benzene rings is 2. The molecule has 3 N–H and O–H groups in total. The topological polar surface area (TPSA) is 73.5 Å². The van der Waals surface area contributed by atoms with E-state index in [1.165, 1.54) is 11.0 Å². The number of rotatable bonds is 8. The zero-order chi connectivity index (χ0) is 24.1. The number of anilines is 1. The van der Waals surface area contributed by atoms with Crippen LogP contribution in [0.25, 0.3) is 0 Å². The second-order valence-corrected chi connectivity index (χ2v) is 8.79. The van der Waals surface area contributed by atoms with Crippen LogP contribution in [0.2, 0.25) is 0 Å². The molecule has 3 rings (SSSR count). The molecule has 178 valence electrons. The molecule has 0 saturated heterocycles. The first-order chi connectivity index (χ1) is 15.7. The highest BCUT2D eigenvalue weighted by Crippen LogP contribution is 2.32. The molecule has 0 unspecified atom stereocenters. The fraction of sp³-hybridized carbons (Fsp3) is 0.440. The number of para-hydroxylation sites is 1. The van der Waals surface area contributed by atoms with E-state index in [4.69, 9.17) is 0 Å². The van der Waals surface area contributed by atoms with Gasteiger partial charge in [0.05, 0.1) is 6.04 Å². The van der Waals surface area contributed by atoms with Gasteiger partial charge >= 0.3 is 0 Å². The molecule has 0 bridgehead atoms. The van der Waals surface area contributed by atoms with E-state index in [-0.39, 0.29) is 17.9 Å². The second kappa shape index (κ2) is 10.9. The third kappa shape index (κ3) is 5.57. The molecule has 0 fully saturated rings. The van der Waals surface area contributed by atoms with Crippen molar-refractivity contribution in [3.05, 3.63) is 65.2 Å². The Bertz CT molecular complexity index is 978. The van der Waals surface area contributed by atoms with E-state index in [1.807, 2.05) is 40.0 Å². The highest BCUT2D eigenvalue weighted by atomic mass is 19.1. The van der Waals surface area contributed by atoms with E-state index < -0.39 is 35.3 Å². The van der Waals surface area contributed by atoms with E-state index in [1.54, 1.807) is 12.1 Å². The predicted molar refractivity (Wildman–Crippen MR) is 125 cm³/mol. The summed E-state index contributed by atoms with van der Waals surface area (Å²) in [7, 11) is 1.85. The predicted octanol–water partition coefficient (Wildman–Crippen LogP) is 3.25. The number of likely N-dealkylation sites (N-methyl/N-ethyl adjacent to an activating group) is 1. The number of hydrogen-bond acceptors (Lipinski definition) is 4. The van der Waals surface area contributed by atoms with Gasteiger partial charge in [0.15, 0.2) is 0 Å². The number of amides is 2. The average molecular weight is 459 g/mol. The maximum Gasteiger partial charge on any atom is 0.251 e. The van der Waals surface area contributed by atoms with Gasteiger partial charge in [0.1, 0.15) is 23.4 Å². The number of carbonyl (C=O) groups is 2. The summed E-state index contributed by atoms with van der Waals surface area (Å²) in [4.78, 5) is 28.6. The van der Waals surface area contributed by atoms with Crippen molar-refractivity contribution in [1.29, 1.82) is 0 Å². The van der Waals surface area contributed by atoms with Crippen LogP contribution in [0, 0.1) is 17.6 Å². The molecule has 2 aromatic rings. The molecule has 33 heavy (non-hydrogen) atoms. The molecule has 0 radical (unpaired) electrons. The van der Waals surface area contributed by atoms with E-state index in [2.05, 4.69) is 16.0 Å². The fourth-order valence-corrected chi connectivity index (χ4v) is 4.09. The van der Waals surface area contributed by atoms with Gasteiger partial charge < -0.3 is 20.9 Å². The van der Waals surface area contributed by atoms with Crippen LogP contribution in [0.15, 0.2) is 42.5 Å². The molecule has 1 aliphatic rings. The number of halogens is 2. The lowest BCUT2D eigenvalue weighted by Gasteiger charge is -2.39. The highest BCUT2D eigenvalue weighted by molar-refractivity contribution is 5.99. The molecule has 1 aliphatic heterocycles.